The minimum atomic E-state index is -4.41. The SMILES string of the molecule is [2H]CC(=O)C(=O)[C@](N)(O)[C@](O)(C(=O)C[2H])[C@@](O)(C(=O)C[2H])[C@H](O)C(O)C(=O)C[2H]. The Labute approximate surface area is 147 Å². The minimum Gasteiger partial charge on any atom is -0.386 e. The third-order valence-electron chi connectivity index (χ3n) is 3.59. The van der Waals surface area contributed by atoms with E-state index in [0.29, 0.717) is 0 Å². The highest BCUT2D eigenvalue weighted by Gasteiger charge is 2.72. The van der Waals surface area contributed by atoms with E-state index in [2.05, 4.69) is 0 Å². The fourth-order valence-corrected chi connectivity index (χ4v) is 2.08. The lowest BCUT2D eigenvalue weighted by Gasteiger charge is -2.48. The van der Waals surface area contributed by atoms with Crippen molar-refractivity contribution in [3.05, 3.63) is 0 Å². The number of rotatable bonds is 9. The lowest BCUT2D eigenvalue weighted by molar-refractivity contribution is -0.254. The first-order valence-electron chi connectivity index (χ1n) is 9.15. The number of Topliss-reactive ketones (excluding diaryl/α,β-unsaturated/α-hetero) is 5. The minimum absolute atomic E-state index is 1.22. The van der Waals surface area contributed by atoms with Crippen molar-refractivity contribution in [2.45, 2.75) is 56.7 Å². The second kappa shape index (κ2) is 7.15. The van der Waals surface area contributed by atoms with Crippen LogP contribution in [-0.4, -0.2) is 83.6 Å². The van der Waals surface area contributed by atoms with Gasteiger partial charge in [-0.15, -0.1) is 0 Å². The van der Waals surface area contributed by atoms with Crippen molar-refractivity contribution in [2.24, 2.45) is 5.73 Å². The predicted molar refractivity (Wildman–Crippen MR) is 78.8 cm³/mol. The van der Waals surface area contributed by atoms with Crippen molar-refractivity contribution in [1.29, 1.82) is 0 Å². The number of ketones is 5. The summed E-state index contributed by atoms with van der Waals surface area (Å²) in [6.45, 7) is -5.77. The van der Waals surface area contributed by atoms with E-state index in [1.807, 2.05) is 0 Å². The number of carbonyl (C=O) groups is 5. The van der Waals surface area contributed by atoms with E-state index in [-0.39, 0.29) is 0 Å². The molecule has 0 aromatic carbocycles. The van der Waals surface area contributed by atoms with Crippen LogP contribution in [0.2, 0.25) is 0 Å². The first kappa shape index (κ1) is 16.6. The van der Waals surface area contributed by atoms with E-state index in [1.54, 1.807) is 0 Å². The van der Waals surface area contributed by atoms with Gasteiger partial charge in [0.15, 0.2) is 28.7 Å². The number of carbonyl (C=O) groups excluding carboxylic acids is 5. The van der Waals surface area contributed by atoms with Gasteiger partial charge in [-0.2, -0.15) is 0 Å². The quantitative estimate of drug-likeness (QED) is 0.169. The molecule has 0 aromatic heterocycles. The van der Waals surface area contributed by atoms with E-state index in [4.69, 9.17) is 11.2 Å². The standard InChI is InChI=1S/C14H21NO10/c1-5(16)9(20)11(22)12(23,7(3)18)13(24,8(4)19)14(15,25)10(21)6(2)17/h9,11,20,22-25H,15H2,1-4H3/t9?,11-,12-,13+,14+/m1/s1/i1D,2D,3D,4D. The van der Waals surface area contributed by atoms with Gasteiger partial charge in [-0.25, -0.2) is 0 Å². The van der Waals surface area contributed by atoms with Crippen LogP contribution in [0.1, 0.15) is 33.1 Å². The highest BCUT2D eigenvalue weighted by Crippen LogP contribution is 2.37. The summed E-state index contributed by atoms with van der Waals surface area (Å²) in [5.74, 6) is -9.79. The van der Waals surface area contributed by atoms with Crippen molar-refractivity contribution < 1.29 is 55.0 Å². The molecule has 0 aliphatic rings. The van der Waals surface area contributed by atoms with Gasteiger partial charge in [0.25, 0.3) is 0 Å². The van der Waals surface area contributed by atoms with Crippen LogP contribution in [0.5, 0.6) is 0 Å². The van der Waals surface area contributed by atoms with Gasteiger partial charge in [-0.3, -0.25) is 29.7 Å². The van der Waals surface area contributed by atoms with Crippen LogP contribution in [-0.2, 0) is 24.0 Å². The number of aliphatic hydroxyl groups excluding tert-OH is 2. The maximum atomic E-state index is 12.3. The molecule has 142 valence electrons. The van der Waals surface area contributed by atoms with Crippen LogP contribution in [0, 0.1) is 0 Å². The van der Waals surface area contributed by atoms with Gasteiger partial charge in [-0.1, -0.05) is 0 Å². The maximum Gasteiger partial charge on any atom is 0.248 e. The fraction of sp³-hybridized carbons (Fsp3) is 0.643. The molecule has 0 rings (SSSR count). The summed E-state index contributed by atoms with van der Waals surface area (Å²) in [5.41, 5.74) is -7.72. The highest BCUT2D eigenvalue weighted by molar-refractivity contribution is 6.40. The molecule has 0 amide bonds. The van der Waals surface area contributed by atoms with E-state index in [0.717, 1.165) is 0 Å². The largest absolute Gasteiger partial charge is 0.386 e. The molecule has 11 heteroatoms. The third-order valence-corrected chi connectivity index (χ3v) is 3.59. The summed E-state index contributed by atoms with van der Waals surface area (Å²) in [5, 5.41) is 51.7. The van der Waals surface area contributed by atoms with Crippen molar-refractivity contribution >= 4 is 28.9 Å². The third kappa shape index (κ3) is 3.29. The lowest BCUT2D eigenvalue weighted by atomic mass is 9.65. The number of aliphatic hydroxyl groups is 5. The zero-order valence-electron chi connectivity index (χ0n) is 16.8. The molecule has 0 aliphatic carbocycles. The van der Waals surface area contributed by atoms with Crippen LogP contribution < -0.4 is 5.73 Å². The predicted octanol–water partition coefficient (Wildman–Crippen LogP) is -4.26. The highest BCUT2D eigenvalue weighted by atomic mass is 16.4. The molecule has 0 aliphatic heterocycles. The van der Waals surface area contributed by atoms with E-state index in [1.165, 1.54) is 0 Å². The van der Waals surface area contributed by atoms with E-state index < -0.39 is 85.7 Å². The molecule has 0 bridgehead atoms. The van der Waals surface area contributed by atoms with Crippen molar-refractivity contribution in [1.82, 2.24) is 0 Å². The number of hydrogen-bond donors (Lipinski definition) is 6. The van der Waals surface area contributed by atoms with Gasteiger partial charge in [0.1, 0.15) is 12.2 Å². The molecule has 0 heterocycles. The van der Waals surface area contributed by atoms with Crippen LogP contribution in [0.25, 0.3) is 0 Å². The zero-order chi connectivity index (χ0) is 23.4. The fourth-order valence-electron chi connectivity index (χ4n) is 2.08. The van der Waals surface area contributed by atoms with Crippen LogP contribution in [0.3, 0.4) is 0 Å². The molecule has 7 N–H and O–H groups in total. The molecule has 0 aromatic rings. The molecule has 0 radical (unpaired) electrons. The van der Waals surface area contributed by atoms with Gasteiger partial charge in [0.2, 0.25) is 17.1 Å². The molecule has 5 atom stereocenters. The van der Waals surface area contributed by atoms with Crippen LogP contribution in [0.4, 0.5) is 0 Å². The number of hydrogen-bond acceptors (Lipinski definition) is 11. The molecule has 1 unspecified atom stereocenters. The molecule has 25 heavy (non-hydrogen) atoms. The Hall–Kier alpha value is -1.89. The first-order chi connectivity index (χ1) is 13.2. The van der Waals surface area contributed by atoms with Crippen molar-refractivity contribution in [3.63, 3.8) is 0 Å². The maximum absolute atomic E-state index is 12.3. The summed E-state index contributed by atoms with van der Waals surface area (Å²) in [6.07, 6.45) is -6.08. The Morgan fingerprint density at radius 1 is 0.920 bits per heavy atom. The lowest BCUT2D eigenvalue weighted by Crippen LogP contribution is -2.83. The number of nitrogens with two attached hydrogens (primary N) is 1. The van der Waals surface area contributed by atoms with E-state index >= 15 is 0 Å². The van der Waals surface area contributed by atoms with E-state index in [9.17, 15) is 49.5 Å². The molecule has 11 nitrogen and oxygen atoms in total. The second-order valence-corrected chi connectivity index (χ2v) is 5.20. The monoisotopic (exact) mass is 367 g/mol. The summed E-state index contributed by atoms with van der Waals surface area (Å²) >= 11 is 0. The summed E-state index contributed by atoms with van der Waals surface area (Å²) < 4.78 is 27.8. The molecule has 0 saturated carbocycles. The molecular formula is C14H21NO10. The van der Waals surface area contributed by atoms with Gasteiger partial charge >= 0.3 is 0 Å². The van der Waals surface area contributed by atoms with Crippen LogP contribution >= 0.6 is 0 Å². The Bertz CT molecular complexity index is 702. The Balaban J connectivity index is 7.10. The van der Waals surface area contributed by atoms with Gasteiger partial charge in [0.05, 0.1) is 0 Å². The Morgan fingerprint density at radius 3 is 1.84 bits per heavy atom. The van der Waals surface area contributed by atoms with Crippen molar-refractivity contribution in [2.75, 3.05) is 0 Å². The molecule has 0 fully saturated rings. The zero-order valence-corrected chi connectivity index (χ0v) is 12.8. The van der Waals surface area contributed by atoms with Gasteiger partial charge in [0, 0.05) is 12.4 Å². The van der Waals surface area contributed by atoms with Crippen molar-refractivity contribution in [3.8, 4) is 0 Å². The summed E-state index contributed by atoms with van der Waals surface area (Å²) in [6, 6.07) is 0. The second-order valence-electron chi connectivity index (χ2n) is 5.20. The molecule has 0 saturated heterocycles. The summed E-state index contributed by atoms with van der Waals surface area (Å²) in [7, 11) is 0. The Morgan fingerprint density at radius 2 is 1.44 bits per heavy atom. The Kier molecular flexibility index (Phi) is 4.74. The normalized spacial score (nSPS) is 23.1. The molecule has 0 spiro atoms. The topological polar surface area (TPSA) is 213 Å². The average molecular weight is 367 g/mol. The average Bonchev–Trinajstić information content (AvgIpc) is 2.73. The smallest absolute Gasteiger partial charge is 0.248 e. The molecular weight excluding hydrogens is 342 g/mol. The summed E-state index contributed by atoms with van der Waals surface area (Å²) in [4.78, 5) is 59.6. The van der Waals surface area contributed by atoms with Gasteiger partial charge < -0.3 is 25.5 Å². The van der Waals surface area contributed by atoms with Gasteiger partial charge in [-0.05, 0) is 20.7 Å². The first-order valence-corrected chi connectivity index (χ1v) is 6.32. The van der Waals surface area contributed by atoms with Crippen LogP contribution in [0.15, 0.2) is 0 Å².